The lowest BCUT2D eigenvalue weighted by Crippen LogP contribution is -2.29. The number of benzene rings is 2. The average Bonchev–Trinajstić information content (AvgIpc) is 2.93. The second-order valence-electron chi connectivity index (χ2n) is 9.71. The van der Waals surface area contributed by atoms with Crippen LogP contribution in [-0.4, -0.2) is 41.6 Å². The molecule has 0 radical (unpaired) electrons. The Bertz CT molecular complexity index is 974. The fourth-order valence-electron chi connectivity index (χ4n) is 3.80. The molecule has 0 saturated carbocycles. The molecule has 0 aliphatic heterocycles. The number of hydrogen-bond acceptors (Lipinski definition) is 6. The van der Waals surface area contributed by atoms with E-state index >= 15 is 0 Å². The van der Waals surface area contributed by atoms with Crippen molar-refractivity contribution in [1.82, 2.24) is 5.32 Å². The van der Waals surface area contributed by atoms with Gasteiger partial charge in [-0.15, -0.1) is 0 Å². The van der Waals surface area contributed by atoms with E-state index in [1.807, 2.05) is 48.5 Å². The zero-order valence-corrected chi connectivity index (χ0v) is 25.4. The quantitative estimate of drug-likeness (QED) is 0.112. The number of carbonyl (C=O) groups excluding carboxylic acids is 4. The van der Waals surface area contributed by atoms with Crippen LogP contribution in [0.5, 0.6) is 0 Å². The maximum Gasteiger partial charge on any atom is 0.319 e. The van der Waals surface area contributed by atoms with Crippen LogP contribution in [0.25, 0.3) is 0 Å². The van der Waals surface area contributed by atoms with E-state index in [0.29, 0.717) is 55.8 Å². The minimum Gasteiger partial charge on any atom is -0.338 e. The molecule has 0 fully saturated rings. The zero-order chi connectivity index (χ0) is 29.0. The fourth-order valence-corrected chi connectivity index (χ4v) is 5.82. The molecule has 2 rings (SSSR count). The Morgan fingerprint density at radius 1 is 0.625 bits per heavy atom. The molecule has 0 bridgehead atoms. The zero-order valence-electron chi connectivity index (χ0n) is 23.8. The number of nitrogens with one attached hydrogen (secondary N) is 3. The molecule has 2 aromatic carbocycles. The Morgan fingerprint density at radius 2 is 1.15 bits per heavy atom. The summed E-state index contributed by atoms with van der Waals surface area (Å²) in [6, 6.07) is 14.6. The number of hydrogen-bond donors (Lipinski definition) is 3. The molecule has 0 unspecified atom stereocenters. The molecule has 0 aromatic heterocycles. The first-order chi connectivity index (χ1) is 19.4. The summed E-state index contributed by atoms with van der Waals surface area (Å²) < 4.78 is 0. The normalized spacial score (nSPS) is 10.7. The third-order valence-electron chi connectivity index (χ3n) is 6.09. The van der Waals surface area contributed by atoms with Crippen LogP contribution in [0.4, 0.5) is 16.2 Å². The number of unbranched alkanes of at least 4 members (excludes halogenated alkanes) is 3. The number of Topliss-reactive ketones (excluding diaryl/α,β-unsaturated/α-hetero) is 2. The molecule has 9 heteroatoms. The summed E-state index contributed by atoms with van der Waals surface area (Å²) in [6.07, 6.45) is 7.41. The first-order valence-electron chi connectivity index (χ1n) is 14.2. The maximum atomic E-state index is 12.3. The van der Waals surface area contributed by atoms with Gasteiger partial charge < -0.3 is 16.0 Å². The SMILES string of the molecule is CCCCCC(=O)Cc1ccc(NC(=O)CCSSCCC(=O)Cc2ccc(NC(=O)NCCCC)cc2)cc1. The lowest BCUT2D eigenvalue weighted by Gasteiger charge is -2.08. The molecule has 3 N–H and O–H groups in total. The van der Waals surface area contributed by atoms with Crippen LogP contribution in [-0.2, 0) is 27.2 Å². The Kier molecular flexibility index (Phi) is 16.8. The molecule has 0 spiro atoms. The molecule has 0 aliphatic carbocycles. The average molecular weight is 586 g/mol. The monoisotopic (exact) mass is 585 g/mol. The van der Waals surface area contributed by atoms with Crippen molar-refractivity contribution in [3.05, 3.63) is 59.7 Å². The van der Waals surface area contributed by atoms with Crippen LogP contribution >= 0.6 is 21.6 Å². The second kappa shape index (κ2) is 20.2. The molecule has 0 aliphatic rings. The van der Waals surface area contributed by atoms with E-state index in [1.165, 1.54) is 0 Å². The van der Waals surface area contributed by atoms with Crippen molar-refractivity contribution in [2.24, 2.45) is 0 Å². The van der Waals surface area contributed by atoms with E-state index in [9.17, 15) is 19.2 Å². The van der Waals surface area contributed by atoms with Gasteiger partial charge in [0, 0.05) is 61.5 Å². The highest BCUT2D eigenvalue weighted by molar-refractivity contribution is 8.76. The molecule has 40 heavy (non-hydrogen) atoms. The number of carbonyl (C=O) groups is 4. The first-order valence-corrected chi connectivity index (χ1v) is 16.7. The molecule has 7 nitrogen and oxygen atoms in total. The lowest BCUT2D eigenvalue weighted by molar-refractivity contribution is -0.119. The van der Waals surface area contributed by atoms with Gasteiger partial charge in [-0.25, -0.2) is 4.79 Å². The van der Waals surface area contributed by atoms with E-state index < -0.39 is 0 Å². The van der Waals surface area contributed by atoms with Crippen molar-refractivity contribution in [2.45, 2.75) is 78.1 Å². The van der Waals surface area contributed by atoms with Gasteiger partial charge in [-0.2, -0.15) is 0 Å². The predicted octanol–water partition coefficient (Wildman–Crippen LogP) is 7.21. The van der Waals surface area contributed by atoms with Gasteiger partial charge in [0.2, 0.25) is 5.91 Å². The van der Waals surface area contributed by atoms with E-state index in [4.69, 9.17) is 0 Å². The molecule has 0 heterocycles. The standard InChI is InChI=1S/C31H43N3O4S2/c1-3-5-7-8-28(35)22-24-9-13-26(14-10-24)33-30(37)18-21-40-39-20-17-29(36)23-25-11-15-27(16-12-25)34-31(38)32-19-6-4-2/h9-16H,3-8,17-23H2,1-2H3,(H,33,37)(H2,32,34,38). The van der Waals surface area contributed by atoms with Crippen molar-refractivity contribution >= 4 is 56.5 Å². The molecular formula is C31H43N3O4S2. The van der Waals surface area contributed by atoms with Crippen molar-refractivity contribution in [3.8, 4) is 0 Å². The van der Waals surface area contributed by atoms with Crippen LogP contribution in [0.3, 0.4) is 0 Å². The summed E-state index contributed by atoms with van der Waals surface area (Å²) in [5, 5.41) is 8.50. The maximum absolute atomic E-state index is 12.3. The molecule has 0 atom stereocenters. The topological polar surface area (TPSA) is 104 Å². The van der Waals surface area contributed by atoms with Crippen LogP contribution in [0, 0.1) is 0 Å². The van der Waals surface area contributed by atoms with Crippen LogP contribution in [0.1, 0.15) is 76.3 Å². The second-order valence-corrected chi connectivity index (χ2v) is 12.4. The Balaban J connectivity index is 1.55. The molecule has 3 amide bonds. The Morgan fingerprint density at radius 3 is 1.73 bits per heavy atom. The highest BCUT2D eigenvalue weighted by Crippen LogP contribution is 2.23. The third kappa shape index (κ3) is 15.1. The summed E-state index contributed by atoms with van der Waals surface area (Å²) in [7, 11) is 3.19. The van der Waals surface area contributed by atoms with Gasteiger partial charge in [-0.3, -0.25) is 14.4 Å². The van der Waals surface area contributed by atoms with Gasteiger partial charge in [0.05, 0.1) is 0 Å². The predicted molar refractivity (Wildman–Crippen MR) is 169 cm³/mol. The summed E-state index contributed by atoms with van der Waals surface area (Å²) >= 11 is 0. The van der Waals surface area contributed by atoms with Crippen molar-refractivity contribution in [3.63, 3.8) is 0 Å². The van der Waals surface area contributed by atoms with Crippen LogP contribution in [0.15, 0.2) is 48.5 Å². The van der Waals surface area contributed by atoms with E-state index in [1.54, 1.807) is 21.6 Å². The van der Waals surface area contributed by atoms with E-state index in [2.05, 4.69) is 29.8 Å². The van der Waals surface area contributed by atoms with Gasteiger partial charge in [-0.1, -0.05) is 79.0 Å². The third-order valence-corrected chi connectivity index (χ3v) is 8.50. The van der Waals surface area contributed by atoms with Gasteiger partial charge in [0.15, 0.2) is 0 Å². The molecular weight excluding hydrogens is 542 g/mol. The lowest BCUT2D eigenvalue weighted by atomic mass is 10.0. The van der Waals surface area contributed by atoms with Crippen LogP contribution in [0.2, 0.25) is 0 Å². The Labute approximate surface area is 246 Å². The highest BCUT2D eigenvalue weighted by atomic mass is 33.1. The van der Waals surface area contributed by atoms with Crippen LogP contribution < -0.4 is 16.0 Å². The number of urea groups is 1. The molecule has 218 valence electrons. The van der Waals surface area contributed by atoms with Crippen molar-refractivity contribution in [2.75, 3.05) is 28.7 Å². The largest absolute Gasteiger partial charge is 0.338 e. The summed E-state index contributed by atoms with van der Waals surface area (Å²) in [4.78, 5) is 48.4. The Hall–Kier alpha value is -2.78. The van der Waals surface area contributed by atoms with Gasteiger partial charge in [0.25, 0.3) is 0 Å². The minimum absolute atomic E-state index is 0.0519. The summed E-state index contributed by atoms with van der Waals surface area (Å²) in [6.45, 7) is 4.85. The summed E-state index contributed by atoms with van der Waals surface area (Å²) in [5.74, 6) is 1.73. The summed E-state index contributed by atoms with van der Waals surface area (Å²) in [5.41, 5.74) is 3.32. The fraction of sp³-hybridized carbons (Fsp3) is 0.484. The van der Waals surface area contributed by atoms with Gasteiger partial charge >= 0.3 is 6.03 Å². The van der Waals surface area contributed by atoms with Crippen molar-refractivity contribution in [1.29, 1.82) is 0 Å². The van der Waals surface area contributed by atoms with Gasteiger partial charge in [-0.05, 0) is 48.2 Å². The smallest absolute Gasteiger partial charge is 0.319 e. The number of rotatable bonds is 20. The number of amides is 3. The first kappa shape index (κ1) is 33.4. The van der Waals surface area contributed by atoms with Gasteiger partial charge in [0.1, 0.15) is 11.6 Å². The number of anilines is 2. The highest BCUT2D eigenvalue weighted by Gasteiger charge is 2.08. The minimum atomic E-state index is -0.222. The molecule has 0 saturated heterocycles. The van der Waals surface area contributed by atoms with E-state index in [-0.39, 0.29) is 23.5 Å². The number of ketones is 2. The van der Waals surface area contributed by atoms with E-state index in [0.717, 1.165) is 48.9 Å². The van der Waals surface area contributed by atoms with Crippen molar-refractivity contribution < 1.29 is 19.2 Å². The molecule has 2 aromatic rings.